The third-order valence-corrected chi connectivity index (χ3v) is 4.11. The maximum absolute atomic E-state index is 12.8. The number of alkyl halides is 3. The zero-order chi connectivity index (χ0) is 19.3. The SMILES string of the molecule is O=C(CSc1nnc(-c2ccncc2)o1)N(Cc1ccco1)CC(F)(F)F. The van der Waals surface area contributed by atoms with Crippen LogP contribution in [0.2, 0.25) is 0 Å². The number of hydrogen-bond donors (Lipinski definition) is 0. The molecule has 3 heterocycles. The first-order valence-electron chi connectivity index (χ1n) is 7.64. The van der Waals surface area contributed by atoms with Crippen LogP contribution in [0.25, 0.3) is 11.5 Å². The second-order valence-corrected chi connectivity index (χ2v) is 6.27. The van der Waals surface area contributed by atoms with E-state index in [0.717, 1.165) is 11.8 Å². The van der Waals surface area contributed by atoms with Gasteiger partial charge in [0.2, 0.25) is 11.8 Å². The molecule has 0 fully saturated rings. The Morgan fingerprint density at radius 1 is 1.19 bits per heavy atom. The molecule has 0 saturated carbocycles. The van der Waals surface area contributed by atoms with E-state index >= 15 is 0 Å². The molecule has 3 rings (SSSR count). The number of carbonyl (C=O) groups excluding carboxylic acids is 1. The molecule has 0 atom stereocenters. The average Bonchev–Trinajstić information content (AvgIpc) is 3.30. The molecule has 0 unspecified atom stereocenters. The van der Waals surface area contributed by atoms with Gasteiger partial charge in [0.15, 0.2) is 0 Å². The summed E-state index contributed by atoms with van der Waals surface area (Å²) < 4.78 is 48.8. The third kappa shape index (κ3) is 5.58. The third-order valence-electron chi connectivity index (χ3n) is 3.30. The molecule has 0 saturated heterocycles. The van der Waals surface area contributed by atoms with Crippen LogP contribution in [0.3, 0.4) is 0 Å². The standard InChI is InChI=1S/C16H13F3N4O3S/c17-16(18,19)10-23(8-12-2-1-7-25-12)13(24)9-27-15-22-21-14(26-15)11-3-5-20-6-4-11/h1-7H,8-10H2. The average molecular weight is 398 g/mol. The summed E-state index contributed by atoms with van der Waals surface area (Å²) in [6.45, 7) is -1.66. The summed E-state index contributed by atoms with van der Waals surface area (Å²) in [7, 11) is 0. The van der Waals surface area contributed by atoms with E-state index in [0.29, 0.717) is 10.5 Å². The zero-order valence-electron chi connectivity index (χ0n) is 13.7. The van der Waals surface area contributed by atoms with E-state index in [1.54, 1.807) is 30.6 Å². The molecule has 142 valence electrons. The summed E-state index contributed by atoms with van der Waals surface area (Å²) in [5.41, 5.74) is 0.646. The minimum absolute atomic E-state index is 0.0834. The fraction of sp³-hybridized carbons (Fsp3) is 0.250. The van der Waals surface area contributed by atoms with E-state index in [1.807, 2.05) is 0 Å². The molecule has 7 nitrogen and oxygen atoms in total. The van der Waals surface area contributed by atoms with Crippen LogP contribution in [-0.4, -0.2) is 44.5 Å². The van der Waals surface area contributed by atoms with E-state index in [2.05, 4.69) is 15.2 Å². The second kappa shape index (κ2) is 8.25. The van der Waals surface area contributed by atoms with Crippen molar-refractivity contribution in [3.63, 3.8) is 0 Å². The van der Waals surface area contributed by atoms with Crippen molar-refractivity contribution in [2.75, 3.05) is 12.3 Å². The van der Waals surface area contributed by atoms with E-state index in [-0.39, 0.29) is 29.2 Å². The first-order valence-corrected chi connectivity index (χ1v) is 8.63. The van der Waals surface area contributed by atoms with Gasteiger partial charge in [-0.05, 0) is 24.3 Å². The molecule has 27 heavy (non-hydrogen) atoms. The zero-order valence-corrected chi connectivity index (χ0v) is 14.5. The van der Waals surface area contributed by atoms with Crippen molar-refractivity contribution >= 4 is 17.7 Å². The molecule has 0 N–H and O–H groups in total. The predicted octanol–water partition coefficient (Wildman–Crippen LogP) is 3.41. The Bertz CT molecular complexity index is 869. The van der Waals surface area contributed by atoms with E-state index in [9.17, 15) is 18.0 Å². The van der Waals surface area contributed by atoms with Crippen molar-refractivity contribution in [1.82, 2.24) is 20.1 Å². The highest BCUT2D eigenvalue weighted by molar-refractivity contribution is 7.99. The van der Waals surface area contributed by atoms with Crippen molar-refractivity contribution in [2.24, 2.45) is 0 Å². The Labute approximate surface area is 155 Å². The van der Waals surface area contributed by atoms with Crippen LogP contribution >= 0.6 is 11.8 Å². The lowest BCUT2D eigenvalue weighted by Gasteiger charge is -2.22. The molecule has 0 aliphatic heterocycles. The van der Waals surface area contributed by atoms with Gasteiger partial charge in [-0.2, -0.15) is 13.2 Å². The minimum atomic E-state index is -4.52. The normalized spacial score (nSPS) is 11.5. The highest BCUT2D eigenvalue weighted by Crippen LogP contribution is 2.24. The minimum Gasteiger partial charge on any atom is -0.467 e. The second-order valence-electron chi connectivity index (χ2n) is 5.34. The number of halogens is 3. The van der Waals surface area contributed by atoms with Gasteiger partial charge in [-0.3, -0.25) is 9.78 Å². The van der Waals surface area contributed by atoms with Crippen molar-refractivity contribution in [3.8, 4) is 11.5 Å². The van der Waals surface area contributed by atoms with Crippen molar-refractivity contribution in [1.29, 1.82) is 0 Å². The van der Waals surface area contributed by atoms with E-state index in [1.165, 1.54) is 12.3 Å². The van der Waals surface area contributed by atoms with Gasteiger partial charge in [-0.25, -0.2) is 0 Å². The van der Waals surface area contributed by atoms with Gasteiger partial charge in [-0.1, -0.05) is 11.8 Å². The smallest absolute Gasteiger partial charge is 0.406 e. The molecule has 1 amide bonds. The number of pyridine rings is 1. The van der Waals surface area contributed by atoms with E-state index < -0.39 is 18.6 Å². The predicted molar refractivity (Wildman–Crippen MR) is 88.4 cm³/mol. The Hall–Kier alpha value is -2.82. The Morgan fingerprint density at radius 3 is 2.63 bits per heavy atom. The van der Waals surface area contributed by atoms with Gasteiger partial charge < -0.3 is 13.7 Å². The molecule has 0 spiro atoms. The number of amides is 1. The van der Waals surface area contributed by atoms with Gasteiger partial charge in [0, 0.05) is 18.0 Å². The highest BCUT2D eigenvalue weighted by Gasteiger charge is 2.33. The summed E-state index contributed by atoms with van der Waals surface area (Å²) in [4.78, 5) is 16.8. The number of carbonyl (C=O) groups is 1. The highest BCUT2D eigenvalue weighted by atomic mass is 32.2. The lowest BCUT2D eigenvalue weighted by Crippen LogP contribution is -2.39. The van der Waals surface area contributed by atoms with Gasteiger partial charge >= 0.3 is 6.18 Å². The fourth-order valence-corrected chi connectivity index (χ4v) is 2.80. The fourth-order valence-electron chi connectivity index (χ4n) is 2.13. The summed E-state index contributed by atoms with van der Waals surface area (Å²) in [6.07, 6.45) is -0.0790. The van der Waals surface area contributed by atoms with Crippen LogP contribution in [0.5, 0.6) is 0 Å². The van der Waals surface area contributed by atoms with Gasteiger partial charge in [0.25, 0.3) is 5.22 Å². The number of aromatic nitrogens is 3. The van der Waals surface area contributed by atoms with E-state index in [4.69, 9.17) is 8.83 Å². The summed E-state index contributed by atoms with van der Waals surface area (Å²) in [5, 5.41) is 7.72. The number of nitrogens with zero attached hydrogens (tertiary/aromatic N) is 4. The van der Waals surface area contributed by atoms with Gasteiger partial charge in [0.1, 0.15) is 12.3 Å². The molecule has 0 aliphatic carbocycles. The number of hydrogen-bond acceptors (Lipinski definition) is 7. The Morgan fingerprint density at radius 2 is 1.96 bits per heavy atom. The molecule has 0 aliphatic rings. The summed E-state index contributed by atoms with van der Waals surface area (Å²) in [6, 6.07) is 6.38. The van der Waals surface area contributed by atoms with Crippen molar-refractivity contribution in [2.45, 2.75) is 17.9 Å². The van der Waals surface area contributed by atoms with Crippen molar-refractivity contribution < 1.29 is 26.8 Å². The molecular formula is C16H13F3N4O3S. The van der Waals surface area contributed by atoms with Crippen LogP contribution in [0.1, 0.15) is 5.76 Å². The monoisotopic (exact) mass is 398 g/mol. The molecule has 0 radical (unpaired) electrons. The quantitative estimate of drug-likeness (QED) is 0.564. The van der Waals surface area contributed by atoms with Crippen LogP contribution in [0.15, 0.2) is 57.0 Å². The topological polar surface area (TPSA) is 85.3 Å². The lowest BCUT2D eigenvalue weighted by molar-refractivity contribution is -0.161. The van der Waals surface area contributed by atoms with Crippen LogP contribution in [0, 0.1) is 0 Å². The van der Waals surface area contributed by atoms with Crippen LogP contribution in [-0.2, 0) is 11.3 Å². The van der Waals surface area contributed by atoms with Gasteiger partial charge in [0.05, 0.1) is 18.6 Å². The van der Waals surface area contributed by atoms with Crippen LogP contribution in [0.4, 0.5) is 13.2 Å². The first kappa shape index (κ1) is 19.0. The Balaban J connectivity index is 1.62. The summed E-state index contributed by atoms with van der Waals surface area (Å²) >= 11 is 0.866. The lowest BCUT2D eigenvalue weighted by atomic mass is 10.3. The van der Waals surface area contributed by atoms with Gasteiger partial charge in [-0.15, -0.1) is 10.2 Å². The molecule has 11 heteroatoms. The molecule has 3 aromatic rings. The first-order chi connectivity index (χ1) is 12.9. The molecule has 0 bridgehead atoms. The number of thioether (sulfide) groups is 1. The molecule has 0 aromatic carbocycles. The summed E-state index contributed by atoms with van der Waals surface area (Å²) in [5.74, 6) is -0.516. The maximum Gasteiger partial charge on any atom is 0.406 e. The van der Waals surface area contributed by atoms with Crippen LogP contribution < -0.4 is 0 Å². The van der Waals surface area contributed by atoms with Crippen molar-refractivity contribution in [3.05, 3.63) is 48.7 Å². The largest absolute Gasteiger partial charge is 0.467 e. The Kier molecular flexibility index (Phi) is 5.79. The molecule has 3 aromatic heterocycles. The number of furan rings is 1. The molecular weight excluding hydrogens is 385 g/mol. The maximum atomic E-state index is 12.8. The number of rotatable bonds is 7.